The van der Waals surface area contributed by atoms with Crippen LogP contribution in [0.3, 0.4) is 0 Å². The van der Waals surface area contributed by atoms with Crippen LogP contribution in [0.4, 0.5) is 0 Å². The third-order valence-corrected chi connectivity index (χ3v) is 3.28. The van der Waals surface area contributed by atoms with Gasteiger partial charge in [0.25, 0.3) is 0 Å². The van der Waals surface area contributed by atoms with E-state index in [2.05, 4.69) is 18.7 Å². The first-order valence-corrected chi connectivity index (χ1v) is 4.61. The molecule has 0 N–H and O–H groups in total. The van der Waals surface area contributed by atoms with Crippen molar-refractivity contribution in [1.29, 1.82) is 0 Å². The van der Waals surface area contributed by atoms with Crippen LogP contribution in [0.1, 0.15) is 12.8 Å². The van der Waals surface area contributed by atoms with E-state index in [4.69, 9.17) is 0 Å². The van der Waals surface area contributed by atoms with Gasteiger partial charge < -0.3 is 4.79 Å². The predicted octanol–water partition coefficient (Wildman–Crippen LogP) is 2.20. The zero-order valence-corrected chi connectivity index (χ0v) is 7.15. The summed E-state index contributed by atoms with van der Waals surface area (Å²) in [4.78, 5) is 10.7. The molecule has 4 atom stereocenters. The lowest BCUT2D eigenvalue weighted by Gasteiger charge is -2.13. The highest BCUT2D eigenvalue weighted by atomic mass is 16.1. The first kappa shape index (κ1) is 7.78. The summed E-state index contributed by atoms with van der Waals surface area (Å²) in [5, 5.41) is 0. The van der Waals surface area contributed by atoms with E-state index in [-0.39, 0.29) is 0 Å². The Morgan fingerprint density at radius 3 is 2.92 bits per heavy atom. The zero-order valence-electron chi connectivity index (χ0n) is 7.15. The Kier molecular flexibility index (Phi) is 1.87. The average molecular weight is 162 g/mol. The zero-order chi connectivity index (χ0) is 8.55. The largest absolute Gasteiger partial charge is 0.303 e. The highest BCUT2D eigenvalue weighted by Crippen LogP contribution is 2.48. The van der Waals surface area contributed by atoms with Crippen LogP contribution >= 0.6 is 0 Å². The van der Waals surface area contributed by atoms with Crippen molar-refractivity contribution in [2.75, 3.05) is 0 Å². The molecule has 2 aliphatic rings. The van der Waals surface area contributed by atoms with Gasteiger partial charge in [-0.05, 0) is 30.6 Å². The van der Waals surface area contributed by atoms with Crippen molar-refractivity contribution in [3.8, 4) is 0 Å². The number of fused-ring (bicyclic) bond motifs is 2. The van der Waals surface area contributed by atoms with Crippen LogP contribution in [-0.4, -0.2) is 6.29 Å². The van der Waals surface area contributed by atoms with Crippen LogP contribution in [0.25, 0.3) is 0 Å². The lowest BCUT2D eigenvalue weighted by molar-refractivity contribution is -0.111. The number of allylic oxidation sites excluding steroid dienone is 3. The molecule has 2 bridgehead atoms. The van der Waals surface area contributed by atoms with Crippen LogP contribution in [0.5, 0.6) is 0 Å². The van der Waals surface area contributed by atoms with Gasteiger partial charge in [0.1, 0.15) is 6.29 Å². The smallest absolute Gasteiger partial charge is 0.123 e. The van der Waals surface area contributed by atoms with Crippen LogP contribution in [-0.2, 0) is 4.79 Å². The molecule has 1 nitrogen and oxygen atoms in total. The van der Waals surface area contributed by atoms with Crippen LogP contribution in [0.2, 0.25) is 0 Å². The molecule has 12 heavy (non-hydrogen) atoms. The molecule has 0 aromatic carbocycles. The maximum Gasteiger partial charge on any atom is 0.123 e. The normalized spacial score (nSPS) is 43.3. The van der Waals surface area contributed by atoms with Gasteiger partial charge in [0.2, 0.25) is 0 Å². The third-order valence-electron chi connectivity index (χ3n) is 3.28. The van der Waals surface area contributed by atoms with Gasteiger partial charge in [-0.3, -0.25) is 0 Å². The molecule has 64 valence electrons. The summed E-state index contributed by atoms with van der Waals surface area (Å²) in [6, 6.07) is 0. The topological polar surface area (TPSA) is 17.1 Å². The van der Waals surface area contributed by atoms with E-state index < -0.39 is 0 Å². The minimum absolute atomic E-state index is 0.296. The van der Waals surface area contributed by atoms with Crippen LogP contribution in [0.15, 0.2) is 24.8 Å². The maximum atomic E-state index is 10.7. The summed E-state index contributed by atoms with van der Waals surface area (Å²) in [7, 11) is 0. The molecule has 1 saturated carbocycles. The van der Waals surface area contributed by atoms with Gasteiger partial charge >= 0.3 is 0 Å². The van der Waals surface area contributed by atoms with Crippen molar-refractivity contribution < 1.29 is 4.79 Å². The SMILES string of the molecule is C=CCC1[C@H]2C=C[C@@H]1[C@@H](C=O)C2. The summed E-state index contributed by atoms with van der Waals surface area (Å²) >= 11 is 0. The minimum atomic E-state index is 0.296. The van der Waals surface area contributed by atoms with Crippen molar-refractivity contribution in [2.45, 2.75) is 12.8 Å². The Bertz CT molecular complexity index is 229. The highest BCUT2D eigenvalue weighted by Gasteiger charge is 2.43. The number of rotatable bonds is 3. The molecular formula is C11H14O. The molecule has 0 aromatic rings. The first-order chi connectivity index (χ1) is 5.86. The second kappa shape index (κ2) is 2.89. The number of hydrogen-bond donors (Lipinski definition) is 0. The average Bonchev–Trinajstić information content (AvgIpc) is 2.63. The lowest BCUT2D eigenvalue weighted by atomic mass is 9.90. The fourth-order valence-electron chi connectivity index (χ4n) is 2.70. The molecule has 2 aliphatic carbocycles. The number of aldehydes is 1. The summed E-state index contributed by atoms with van der Waals surface area (Å²) in [5.41, 5.74) is 0. The lowest BCUT2D eigenvalue weighted by Crippen LogP contribution is -2.11. The van der Waals surface area contributed by atoms with Crippen molar-refractivity contribution in [3.05, 3.63) is 24.8 Å². The molecular weight excluding hydrogens is 148 g/mol. The molecule has 0 aromatic heterocycles. The Balaban J connectivity index is 2.12. The quantitative estimate of drug-likeness (QED) is 0.459. The second-order valence-electron chi connectivity index (χ2n) is 3.85. The molecule has 1 fully saturated rings. The fourth-order valence-corrected chi connectivity index (χ4v) is 2.70. The monoisotopic (exact) mass is 162 g/mol. The summed E-state index contributed by atoms with van der Waals surface area (Å²) in [5.74, 6) is 2.15. The third kappa shape index (κ3) is 0.961. The van der Waals surface area contributed by atoms with Gasteiger partial charge in [0.05, 0.1) is 0 Å². The van der Waals surface area contributed by atoms with Crippen molar-refractivity contribution in [3.63, 3.8) is 0 Å². The van der Waals surface area contributed by atoms with Crippen molar-refractivity contribution in [1.82, 2.24) is 0 Å². The Labute approximate surface area is 73.2 Å². The van der Waals surface area contributed by atoms with Gasteiger partial charge in [0, 0.05) is 5.92 Å². The number of hydrogen-bond acceptors (Lipinski definition) is 1. The van der Waals surface area contributed by atoms with E-state index in [1.165, 1.54) is 0 Å². The molecule has 1 unspecified atom stereocenters. The van der Waals surface area contributed by atoms with E-state index in [1.807, 2.05) is 6.08 Å². The van der Waals surface area contributed by atoms with Gasteiger partial charge in [-0.1, -0.05) is 18.2 Å². The molecule has 0 amide bonds. The van der Waals surface area contributed by atoms with E-state index in [0.717, 1.165) is 19.1 Å². The van der Waals surface area contributed by atoms with Gasteiger partial charge in [-0.15, -0.1) is 6.58 Å². The molecule has 0 saturated heterocycles. The van der Waals surface area contributed by atoms with Crippen LogP contribution in [0, 0.1) is 23.7 Å². The highest BCUT2D eigenvalue weighted by molar-refractivity contribution is 5.56. The molecule has 0 heterocycles. The van der Waals surface area contributed by atoms with E-state index >= 15 is 0 Å². The Morgan fingerprint density at radius 1 is 1.50 bits per heavy atom. The minimum Gasteiger partial charge on any atom is -0.303 e. The number of carbonyl (C=O) groups is 1. The molecule has 0 radical (unpaired) electrons. The van der Waals surface area contributed by atoms with E-state index in [9.17, 15) is 4.79 Å². The number of carbonyl (C=O) groups excluding carboxylic acids is 1. The standard InChI is InChI=1S/C11H14O/c1-2-3-10-8-4-5-11(10)9(6-8)7-12/h2,4-5,7-11H,1,3,6H2/t8-,9+,10?,11+/m0/s1. The Morgan fingerprint density at radius 2 is 2.33 bits per heavy atom. The van der Waals surface area contributed by atoms with Gasteiger partial charge in [0.15, 0.2) is 0 Å². The molecule has 0 spiro atoms. The van der Waals surface area contributed by atoms with E-state index in [1.54, 1.807) is 0 Å². The summed E-state index contributed by atoms with van der Waals surface area (Å²) < 4.78 is 0. The van der Waals surface area contributed by atoms with E-state index in [0.29, 0.717) is 23.7 Å². The van der Waals surface area contributed by atoms with Gasteiger partial charge in [-0.25, -0.2) is 0 Å². The summed E-state index contributed by atoms with van der Waals surface area (Å²) in [6.45, 7) is 3.76. The van der Waals surface area contributed by atoms with Crippen molar-refractivity contribution >= 4 is 6.29 Å². The fraction of sp³-hybridized carbons (Fsp3) is 0.545. The molecule has 2 rings (SSSR count). The van der Waals surface area contributed by atoms with Gasteiger partial charge in [-0.2, -0.15) is 0 Å². The predicted molar refractivity (Wildman–Crippen MR) is 48.6 cm³/mol. The molecule has 0 aliphatic heterocycles. The van der Waals surface area contributed by atoms with Crippen molar-refractivity contribution in [2.24, 2.45) is 23.7 Å². The first-order valence-electron chi connectivity index (χ1n) is 4.61. The molecule has 1 heteroatoms. The van der Waals surface area contributed by atoms with Crippen LogP contribution < -0.4 is 0 Å². The second-order valence-corrected chi connectivity index (χ2v) is 3.85. The summed E-state index contributed by atoms with van der Waals surface area (Å²) in [6.07, 6.45) is 9.74. The Hall–Kier alpha value is -0.850. The maximum absolute atomic E-state index is 10.7.